The Hall–Kier alpha value is -2.17. The summed E-state index contributed by atoms with van der Waals surface area (Å²) in [6, 6.07) is 19.6. The average molecular weight is 367 g/mol. The molecule has 0 bridgehead atoms. The Kier molecular flexibility index (Phi) is 6.64. The molecule has 4 nitrogen and oxygen atoms in total. The molecule has 144 valence electrons. The number of hydrogen-bond donors (Lipinski definition) is 0. The third-order valence-corrected chi connectivity index (χ3v) is 5.46. The van der Waals surface area contributed by atoms with Crippen LogP contribution in [0.25, 0.3) is 0 Å². The fraction of sp³-hybridized carbons (Fsp3) is 0.435. The summed E-state index contributed by atoms with van der Waals surface area (Å²) in [5.41, 5.74) is 3.25. The molecule has 1 aliphatic heterocycles. The van der Waals surface area contributed by atoms with Gasteiger partial charge in [0, 0.05) is 38.3 Å². The molecule has 0 unspecified atom stereocenters. The molecule has 2 atom stereocenters. The number of carbonyl (C=O) groups is 1. The molecule has 2 aromatic rings. The van der Waals surface area contributed by atoms with E-state index in [0.29, 0.717) is 17.6 Å². The van der Waals surface area contributed by atoms with E-state index in [2.05, 4.69) is 54.0 Å². The maximum absolute atomic E-state index is 11.6. The van der Waals surface area contributed by atoms with Gasteiger partial charge in [0.1, 0.15) is 0 Å². The predicted molar refractivity (Wildman–Crippen MR) is 109 cm³/mol. The summed E-state index contributed by atoms with van der Waals surface area (Å²) in [6.07, 6.45) is 1.10. The Morgan fingerprint density at radius 3 is 2.19 bits per heavy atom. The average Bonchev–Trinajstić information content (AvgIpc) is 2.68. The number of hydrogen-bond acceptors (Lipinski definition) is 4. The van der Waals surface area contributed by atoms with Crippen LogP contribution in [0, 0.1) is 0 Å². The highest BCUT2D eigenvalue weighted by Gasteiger charge is 2.28. The summed E-state index contributed by atoms with van der Waals surface area (Å²) in [6.45, 7) is 8.81. The van der Waals surface area contributed by atoms with Crippen molar-refractivity contribution in [2.24, 2.45) is 0 Å². The number of piperazine rings is 1. The van der Waals surface area contributed by atoms with Gasteiger partial charge in [-0.2, -0.15) is 0 Å². The molecule has 1 fully saturated rings. The predicted octanol–water partition coefficient (Wildman–Crippen LogP) is 3.61. The van der Waals surface area contributed by atoms with E-state index in [1.165, 1.54) is 18.2 Å². The molecule has 0 aliphatic carbocycles. The van der Waals surface area contributed by atoms with Crippen LogP contribution >= 0.6 is 0 Å². The van der Waals surface area contributed by atoms with Gasteiger partial charge in [0.05, 0.1) is 12.7 Å². The molecule has 0 N–H and O–H groups in total. The van der Waals surface area contributed by atoms with E-state index in [1.807, 2.05) is 24.3 Å². The van der Waals surface area contributed by atoms with Crippen molar-refractivity contribution in [3.05, 3.63) is 71.3 Å². The van der Waals surface area contributed by atoms with Crippen LogP contribution in [0.1, 0.15) is 35.3 Å². The van der Waals surface area contributed by atoms with Gasteiger partial charge in [-0.05, 0) is 43.5 Å². The van der Waals surface area contributed by atoms with Crippen molar-refractivity contribution in [1.29, 1.82) is 0 Å². The van der Waals surface area contributed by atoms with Crippen LogP contribution < -0.4 is 0 Å². The van der Waals surface area contributed by atoms with Crippen LogP contribution in [-0.2, 0) is 17.7 Å². The Morgan fingerprint density at radius 1 is 0.963 bits per heavy atom. The molecule has 0 aromatic heterocycles. The van der Waals surface area contributed by atoms with E-state index < -0.39 is 0 Å². The summed E-state index contributed by atoms with van der Waals surface area (Å²) in [4.78, 5) is 16.7. The zero-order chi connectivity index (χ0) is 19.2. The largest absolute Gasteiger partial charge is 0.465 e. The first-order valence-electron chi connectivity index (χ1n) is 9.76. The van der Waals surface area contributed by atoms with Gasteiger partial charge in [-0.15, -0.1) is 0 Å². The lowest BCUT2D eigenvalue weighted by atomic mass is 10.0. The third kappa shape index (κ3) is 5.18. The molecule has 1 heterocycles. The molecule has 0 spiro atoms. The van der Waals surface area contributed by atoms with Gasteiger partial charge >= 0.3 is 5.97 Å². The monoisotopic (exact) mass is 366 g/mol. The molecular weight excluding hydrogens is 336 g/mol. The van der Waals surface area contributed by atoms with Crippen molar-refractivity contribution in [2.75, 3.05) is 26.7 Å². The smallest absolute Gasteiger partial charge is 0.337 e. The van der Waals surface area contributed by atoms with Gasteiger partial charge in [0.15, 0.2) is 0 Å². The highest BCUT2D eigenvalue weighted by atomic mass is 16.5. The zero-order valence-corrected chi connectivity index (χ0v) is 16.6. The minimum Gasteiger partial charge on any atom is -0.465 e. The molecule has 27 heavy (non-hydrogen) atoms. The van der Waals surface area contributed by atoms with Crippen LogP contribution in [0.3, 0.4) is 0 Å². The van der Waals surface area contributed by atoms with Crippen LogP contribution in [0.5, 0.6) is 0 Å². The van der Waals surface area contributed by atoms with Crippen molar-refractivity contribution >= 4 is 5.97 Å². The van der Waals surface area contributed by atoms with Crippen molar-refractivity contribution in [1.82, 2.24) is 9.80 Å². The molecule has 0 radical (unpaired) electrons. The van der Waals surface area contributed by atoms with Crippen LogP contribution in [0.4, 0.5) is 0 Å². The molecule has 4 heteroatoms. The molecule has 1 saturated heterocycles. The molecular formula is C23H30N2O2. The van der Waals surface area contributed by atoms with Crippen LogP contribution in [0.15, 0.2) is 54.6 Å². The van der Waals surface area contributed by atoms with Crippen LogP contribution in [0.2, 0.25) is 0 Å². The van der Waals surface area contributed by atoms with Gasteiger partial charge in [-0.3, -0.25) is 9.80 Å². The third-order valence-electron chi connectivity index (χ3n) is 5.46. The quantitative estimate of drug-likeness (QED) is 0.731. The number of carbonyl (C=O) groups excluding carboxylic acids is 1. The van der Waals surface area contributed by atoms with Gasteiger partial charge in [-0.25, -0.2) is 4.79 Å². The molecule has 0 saturated carbocycles. The van der Waals surface area contributed by atoms with E-state index >= 15 is 0 Å². The fourth-order valence-corrected chi connectivity index (χ4v) is 4.06. The van der Waals surface area contributed by atoms with Gasteiger partial charge < -0.3 is 4.74 Å². The Bertz CT molecular complexity index is 718. The molecule has 0 amide bonds. The lowest BCUT2D eigenvalue weighted by Gasteiger charge is -2.44. The molecule has 3 rings (SSSR count). The molecule has 1 aliphatic rings. The normalized spacial score (nSPS) is 21.1. The Balaban J connectivity index is 1.54. The first kappa shape index (κ1) is 19.6. The lowest BCUT2D eigenvalue weighted by molar-refractivity contribution is 0.0359. The fourth-order valence-electron chi connectivity index (χ4n) is 4.06. The van der Waals surface area contributed by atoms with Crippen molar-refractivity contribution in [3.8, 4) is 0 Å². The molecule has 2 aromatic carbocycles. The summed E-state index contributed by atoms with van der Waals surface area (Å²) in [5.74, 6) is -0.282. The zero-order valence-electron chi connectivity index (χ0n) is 16.6. The first-order valence-corrected chi connectivity index (χ1v) is 9.76. The second-order valence-corrected chi connectivity index (χ2v) is 7.55. The van der Waals surface area contributed by atoms with E-state index in [9.17, 15) is 4.79 Å². The van der Waals surface area contributed by atoms with Crippen LogP contribution in [-0.4, -0.2) is 54.6 Å². The number of benzene rings is 2. The van der Waals surface area contributed by atoms with Crippen molar-refractivity contribution in [2.45, 2.75) is 38.9 Å². The second kappa shape index (κ2) is 9.16. The van der Waals surface area contributed by atoms with Gasteiger partial charge in [-0.1, -0.05) is 42.5 Å². The maximum Gasteiger partial charge on any atom is 0.337 e. The number of esters is 1. The first-order chi connectivity index (χ1) is 13.1. The summed E-state index contributed by atoms with van der Waals surface area (Å²) in [7, 11) is 1.41. The summed E-state index contributed by atoms with van der Waals surface area (Å²) >= 11 is 0. The van der Waals surface area contributed by atoms with Crippen molar-refractivity contribution < 1.29 is 9.53 Å². The number of ether oxygens (including phenoxy) is 1. The lowest BCUT2D eigenvalue weighted by Crippen LogP contribution is -2.56. The highest BCUT2D eigenvalue weighted by molar-refractivity contribution is 5.89. The van der Waals surface area contributed by atoms with E-state index in [0.717, 1.165) is 32.6 Å². The summed E-state index contributed by atoms with van der Waals surface area (Å²) in [5, 5.41) is 0. The topological polar surface area (TPSA) is 32.8 Å². The maximum atomic E-state index is 11.6. The van der Waals surface area contributed by atoms with E-state index in [-0.39, 0.29) is 5.97 Å². The van der Waals surface area contributed by atoms with Gasteiger partial charge in [0.25, 0.3) is 0 Å². The highest BCUT2D eigenvalue weighted by Crippen LogP contribution is 2.19. The number of nitrogens with zero attached hydrogens (tertiary/aromatic N) is 2. The Labute approximate surface area is 162 Å². The minimum atomic E-state index is -0.282. The minimum absolute atomic E-state index is 0.282. The van der Waals surface area contributed by atoms with Crippen molar-refractivity contribution in [3.63, 3.8) is 0 Å². The Morgan fingerprint density at radius 2 is 1.59 bits per heavy atom. The van der Waals surface area contributed by atoms with Gasteiger partial charge in [0.2, 0.25) is 0 Å². The SMILES string of the molecule is COC(=O)c1ccc(CN2C[C@@H](C)N(CCc3ccccc3)[C@@H](C)C2)cc1. The van der Waals surface area contributed by atoms with E-state index in [4.69, 9.17) is 4.74 Å². The standard InChI is InChI=1S/C23H30N2O2/c1-18-15-24(17-21-9-11-22(12-10-21)23(26)27-3)16-19(2)25(18)14-13-20-7-5-4-6-8-20/h4-12,18-19H,13-17H2,1-3H3/t18-,19+. The number of rotatable bonds is 6. The second-order valence-electron chi connectivity index (χ2n) is 7.55. The number of methoxy groups -OCH3 is 1. The van der Waals surface area contributed by atoms with E-state index in [1.54, 1.807) is 0 Å². The summed E-state index contributed by atoms with van der Waals surface area (Å²) < 4.78 is 4.77.